The Morgan fingerprint density at radius 1 is 1.00 bits per heavy atom. The van der Waals surface area contributed by atoms with E-state index in [4.69, 9.17) is 0 Å². The topological polar surface area (TPSA) is 95.8 Å². The van der Waals surface area contributed by atoms with Crippen molar-refractivity contribution in [2.45, 2.75) is 0 Å². The third-order valence-corrected chi connectivity index (χ3v) is 2.27. The van der Waals surface area contributed by atoms with Crippen molar-refractivity contribution in [2.24, 2.45) is 9.32 Å². The lowest BCUT2D eigenvalue weighted by Gasteiger charge is -2.12. The summed E-state index contributed by atoms with van der Waals surface area (Å²) in [5.74, 6) is 0. The summed E-state index contributed by atoms with van der Waals surface area (Å²) < 4.78 is 14.8. The molecule has 8 nitrogen and oxygen atoms in total. The lowest BCUT2D eigenvalue weighted by Crippen LogP contribution is -2.38. The summed E-state index contributed by atoms with van der Waals surface area (Å²) in [4.78, 5) is 28.2. The Hall–Kier alpha value is -1.18. The molecule has 0 aliphatic carbocycles. The number of nitrogens with zero attached hydrogens (tertiary/aromatic N) is 2. The molecule has 0 aromatic rings. The predicted molar refractivity (Wildman–Crippen MR) is 38.2 cm³/mol. The molecule has 0 aliphatic rings. The highest BCUT2D eigenvalue weighted by Gasteiger charge is 2.46. The van der Waals surface area contributed by atoms with Crippen LogP contribution in [-0.4, -0.2) is 35.3 Å². The molecule has 0 heterocycles. The first-order valence-electron chi connectivity index (χ1n) is 2.86. The summed E-state index contributed by atoms with van der Waals surface area (Å²) in [5, 5.41) is 0. The van der Waals surface area contributed by atoms with Gasteiger partial charge in [0.25, 0.3) is 0 Å². The monoisotopic (exact) mass is 206 g/mol. The third kappa shape index (κ3) is 3.83. The van der Waals surface area contributed by atoms with Crippen molar-refractivity contribution in [3.63, 3.8) is 0 Å². The van der Waals surface area contributed by atoms with Crippen LogP contribution in [0.15, 0.2) is 9.32 Å². The van der Waals surface area contributed by atoms with Gasteiger partial charge in [0, 0.05) is 0 Å². The summed E-state index contributed by atoms with van der Waals surface area (Å²) in [5.41, 5.74) is 0. The highest BCUT2D eigenvalue weighted by atomic mass is 28.4. The highest BCUT2D eigenvalue weighted by molar-refractivity contribution is 6.64. The van der Waals surface area contributed by atoms with Gasteiger partial charge in [0.15, 0.2) is 0 Å². The fourth-order valence-corrected chi connectivity index (χ4v) is 1.34. The van der Waals surface area contributed by atoms with Gasteiger partial charge in [-0.05, 0) is 0 Å². The molecule has 0 aliphatic heterocycles. The van der Waals surface area contributed by atoms with Crippen LogP contribution in [0.1, 0.15) is 0 Å². The van der Waals surface area contributed by atoms with Crippen LogP contribution in [0.2, 0.25) is 0 Å². The number of hydrogen-bond donors (Lipinski definition) is 0. The minimum Gasteiger partial charge on any atom is -0.245 e. The second-order valence-electron chi connectivity index (χ2n) is 1.45. The Morgan fingerprint density at radius 3 is 1.62 bits per heavy atom. The number of hydrogen-bond acceptors (Lipinski definition) is 8. The Kier molecular flexibility index (Phi) is 5.77. The summed E-state index contributed by atoms with van der Waals surface area (Å²) in [7, 11) is -1.58. The van der Waals surface area contributed by atoms with E-state index in [-0.39, 0.29) is 0 Å². The molecule has 0 radical (unpaired) electrons. The van der Waals surface area contributed by atoms with E-state index >= 15 is 0 Å². The van der Waals surface area contributed by atoms with Gasteiger partial charge >= 0.3 is 8.88 Å². The standard InChI is InChI=1S/C4H6N2O6Si/c1-9-11-13(5-3-7,6-4-8)12-10-2/h1-2H3. The fraction of sp³-hybridized carbons (Fsp3) is 0.500. The zero-order chi connectivity index (χ0) is 10.2. The van der Waals surface area contributed by atoms with Crippen LogP contribution in [0.25, 0.3) is 0 Å². The number of isocyanates is 2. The molecule has 0 amide bonds. The first-order valence-corrected chi connectivity index (χ1v) is 4.57. The third-order valence-electron chi connectivity index (χ3n) is 0.758. The Bertz CT molecular complexity index is 219. The molecular formula is C4H6N2O6Si. The lowest BCUT2D eigenvalue weighted by atomic mass is 11.7. The molecule has 0 spiro atoms. The molecule has 13 heavy (non-hydrogen) atoms. The van der Waals surface area contributed by atoms with Crippen molar-refractivity contribution in [1.29, 1.82) is 0 Å². The van der Waals surface area contributed by atoms with E-state index in [1.54, 1.807) is 0 Å². The van der Waals surface area contributed by atoms with E-state index in [1.165, 1.54) is 0 Å². The molecule has 0 N–H and O–H groups in total. The minimum atomic E-state index is -3.84. The van der Waals surface area contributed by atoms with Crippen LogP contribution in [-0.2, 0) is 28.5 Å². The van der Waals surface area contributed by atoms with Crippen molar-refractivity contribution >= 4 is 21.0 Å². The molecule has 0 aromatic carbocycles. The summed E-state index contributed by atoms with van der Waals surface area (Å²) >= 11 is 0. The zero-order valence-corrected chi connectivity index (χ0v) is 7.84. The molecule has 0 saturated heterocycles. The van der Waals surface area contributed by atoms with Crippen LogP contribution < -0.4 is 0 Å². The average molecular weight is 206 g/mol. The second-order valence-corrected chi connectivity index (χ2v) is 3.33. The van der Waals surface area contributed by atoms with Gasteiger partial charge in [-0.3, -0.25) is 0 Å². The van der Waals surface area contributed by atoms with Crippen LogP contribution in [0.5, 0.6) is 0 Å². The summed E-state index contributed by atoms with van der Waals surface area (Å²) in [6, 6.07) is 0. The number of carbonyl (C=O) groups excluding carboxylic acids is 2. The SMILES string of the molecule is COO[Si](N=C=O)(N=C=O)OOC. The Morgan fingerprint density at radius 2 is 1.38 bits per heavy atom. The van der Waals surface area contributed by atoms with E-state index in [1.807, 2.05) is 0 Å². The van der Waals surface area contributed by atoms with Gasteiger partial charge in [-0.2, -0.15) is 9.32 Å². The Balaban J connectivity index is 4.77. The molecule has 9 heteroatoms. The first kappa shape index (κ1) is 11.8. The van der Waals surface area contributed by atoms with Gasteiger partial charge in [0.2, 0.25) is 12.2 Å². The first-order chi connectivity index (χ1) is 6.24. The molecule has 0 rings (SSSR count). The van der Waals surface area contributed by atoms with Crippen molar-refractivity contribution in [3.8, 4) is 0 Å². The van der Waals surface area contributed by atoms with Gasteiger partial charge in [-0.25, -0.2) is 28.5 Å². The quantitative estimate of drug-likeness (QED) is 0.186. The predicted octanol–water partition coefficient (Wildman–Crippen LogP) is -0.750. The summed E-state index contributed by atoms with van der Waals surface area (Å²) in [6.07, 6.45) is 2.23. The van der Waals surface area contributed by atoms with Gasteiger partial charge in [-0.15, -0.1) is 0 Å². The molecule has 0 saturated carbocycles. The van der Waals surface area contributed by atoms with E-state index < -0.39 is 8.88 Å². The average Bonchev–Trinajstić information content (AvgIpc) is 2.06. The molecule has 0 aromatic heterocycles. The maximum atomic E-state index is 9.93. The van der Waals surface area contributed by atoms with Gasteiger partial charge < -0.3 is 0 Å². The van der Waals surface area contributed by atoms with Crippen molar-refractivity contribution < 1.29 is 28.5 Å². The molecule has 0 fully saturated rings. The van der Waals surface area contributed by atoms with Crippen molar-refractivity contribution in [1.82, 2.24) is 0 Å². The maximum Gasteiger partial charge on any atom is 0.704 e. The second kappa shape index (κ2) is 6.35. The van der Waals surface area contributed by atoms with Crippen LogP contribution in [0, 0.1) is 0 Å². The van der Waals surface area contributed by atoms with Crippen LogP contribution in [0.4, 0.5) is 0 Å². The van der Waals surface area contributed by atoms with E-state index in [0.717, 1.165) is 26.4 Å². The summed E-state index contributed by atoms with van der Waals surface area (Å²) in [6.45, 7) is 0. The Labute approximate surface area is 74.0 Å². The smallest absolute Gasteiger partial charge is 0.245 e. The van der Waals surface area contributed by atoms with E-state index in [9.17, 15) is 9.59 Å². The minimum absolute atomic E-state index is 1.12. The molecular weight excluding hydrogens is 200 g/mol. The fourth-order valence-electron chi connectivity index (χ4n) is 0.446. The van der Waals surface area contributed by atoms with Crippen molar-refractivity contribution in [3.05, 3.63) is 0 Å². The molecule has 0 atom stereocenters. The lowest BCUT2D eigenvalue weighted by molar-refractivity contribution is -0.270. The van der Waals surface area contributed by atoms with Crippen LogP contribution >= 0.6 is 0 Å². The van der Waals surface area contributed by atoms with E-state index in [0.29, 0.717) is 0 Å². The van der Waals surface area contributed by atoms with E-state index in [2.05, 4.69) is 28.2 Å². The number of rotatable bonds is 6. The molecule has 72 valence electrons. The zero-order valence-electron chi connectivity index (χ0n) is 6.84. The maximum absolute atomic E-state index is 9.93. The van der Waals surface area contributed by atoms with Crippen molar-refractivity contribution in [2.75, 3.05) is 14.2 Å². The van der Waals surface area contributed by atoms with Gasteiger partial charge in [0.05, 0.1) is 14.2 Å². The van der Waals surface area contributed by atoms with Gasteiger partial charge in [0.1, 0.15) is 0 Å². The van der Waals surface area contributed by atoms with Crippen LogP contribution in [0.3, 0.4) is 0 Å². The molecule has 0 unspecified atom stereocenters. The largest absolute Gasteiger partial charge is 0.704 e. The van der Waals surface area contributed by atoms with Gasteiger partial charge in [-0.1, -0.05) is 0 Å². The highest BCUT2D eigenvalue weighted by Crippen LogP contribution is 2.09. The normalized spacial score (nSPS) is 10.0. The molecule has 0 bridgehead atoms.